The highest BCUT2D eigenvalue weighted by atomic mass is 32.2. The van der Waals surface area contributed by atoms with E-state index >= 15 is 0 Å². The summed E-state index contributed by atoms with van der Waals surface area (Å²) < 4.78 is 48.2. The molecule has 0 saturated carbocycles. The number of carbonyl (C=O) groups is 4. The highest BCUT2D eigenvalue weighted by molar-refractivity contribution is 7.85. The molecular weight excluding hydrogens is 843 g/mol. The zero-order valence-corrected chi connectivity index (χ0v) is 38.8. The monoisotopic (exact) mass is 911 g/mol. The molecule has 2 amide bonds. The van der Waals surface area contributed by atoms with Crippen molar-refractivity contribution in [3.05, 3.63) is 71.8 Å². The van der Waals surface area contributed by atoms with Crippen molar-refractivity contribution in [1.82, 2.24) is 24.5 Å². The molecule has 2 aromatic rings. The van der Waals surface area contributed by atoms with Gasteiger partial charge in [0.05, 0.1) is 44.4 Å². The predicted molar refractivity (Wildman–Crippen MR) is 239 cm³/mol. The van der Waals surface area contributed by atoms with Gasteiger partial charge in [0.15, 0.2) is 0 Å². The molecule has 5 fully saturated rings. The molecule has 5 aliphatic rings. The third-order valence-corrected chi connectivity index (χ3v) is 13.6. The number of cyclic esters (lactones) is 2. The fourth-order valence-corrected chi connectivity index (χ4v) is 9.87. The van der Waals surface area contributed by atoms with Crippen molar-refractivity contribution in [1.29, 1.82) is 0 Å². The van der Waals surface area contributed by atoms with E-state index in [1.165, 1.54) is 11.1 Å². The second kappa shape index (κ2) is 23.8. The lowest BCUT2D eigenvalue weighted by atomic mass is 9.75. The van der Waals surface area contributed by atoms with Gasteiger partial charge in [-0.05, 0) is 115 Å². The minimum atomic E-state index is -3.52. The lowest BCUT2D eigenvalue weighted by Crippen LogP contribution is -2.48. The number of hydrogen-bond donors (Lipinski definition) is 0. The normalized spacial score (nSPS) is 22.7. The van der Waals surface area contributed by atoms with E-state index in [1.54, 1.807) is 18.7 Å². The Kier molecular flexibility index (Phi) is 18.2. The summed E-state index contributed by atoms with van der Waals surface area (Å²) in [7, 11) is -3.52. The van der Waals surface area contributed by atoms with Crippen LogP contribution >= 0.6 is 0 Å². The van der Waals surface area contributed by atoms with Gasteiger partial charge in [0.25, 0.3) is 10.1 Å². The first kappa shape index (κ1) is 49.2. The predicted octanol–water partition coefficient (Wildman–Crippen LogP) is 5.01. The number of benzene rings is 2. The molecule has 0 spiro atoms. The Morgan fingerprint density at radius 3 is 1.59 bits per heavy atom. The minimum Gasteiger partial charge on any atom is -0.466 e. The van der Waals surface area contributed by atoms with Crippen LogP contribution in [0.2, 0.25) is 0 Å². The van der Waals surface area contributed by atoms with Gasteiger partial charge in [-0.25, -0.2) is 9.59 Å². The molecule has 16 nitrogen and oxygen atoms in total. The molecule has 64 heavy (non-hydrogen) atoms. The van der Waals surface area contributed by atoms with E-state index in [4.69, 9.17) is 23.1 Å². The van der Waals surface area contributed by atoms with Crippen LogP contribution in [0, 0.1) is 17.3 Å². The smallest absolute Gasteiger partial charge is 0.410 e. The molecule has 2 atom stereocenters. The second-order valence-corrected chi connectivity index (χ2v) is 19.6. The summed E-state index contributed by atoms with van der Waals surface area (Å²) in [6, 6.07) is 21.0. The number of ether oxygens (including phenoxy) is 4. The van der Waals surface area contributed by atoms with Crippen LogP contribution in [0.5, 0.6) is 0 Å². The van der Waals surface area contributed by atoms with Gasteiger partial charge in [-0.15, -0.1) is 0 Å². The molecule has 0 aromatic heterocycles. The summed E-state index contributed by atoms with van der Waals surface area (Å²) in [5, 5.41) is 0. The maximum atomic E-state index is 12.8. The lowest BCUT2D eigenvalue weighted by molar-refractivity contribution is -0.165. The fourth-order valence-electron chi connectivity index (χ4n) is 9.47. The van der Waals surface area contributed by atoms with E-state index in [1.807, 2.05) is 17.0 Å². The van der Waals surface area contributed by atoms with Crippen LogP contribution in [-0.2, 0) is 55.9 Å². The highest BCUT2D eigenvalue weighted by Crippen LogP contribution is 2.37. The molecule has 5 heterocycles. The first-order chi connectivity index (χ1) is 30.8. The topological polar surface area (TPSA) is 165 Å². The summed E-state index contributed by atoms with van der Waals surface area (Å²) >= 11 is 0. The molecule has 17 heteroatoms. The molecule has 354 valence electrons. The average molecular weight is 912 g/mol. The molecule has 0 radical (unpaired) electrons. The molecule has 0 aliphatic carbocycles. The number of carbonyl (C=O) groups excluding carboxylic acids is 4. The Labute approximate surface area is 379 Å². The van der Waals surface area contributed by atoms with Crippen LogP contribution in [0.15, 0.2) is 60.7 Å². The molecule has 7 rings (SSSR count). The van der Waals surface area contributed by atoms with E-state index in [2.05, 4.69) is 63.2 Å². The number of piperidine rings is 3. The third kappa shape index (κ3) is 15.1. The summed E-state index contributed by atoms with van der Waals surface area (Å²) in [5.74, 6) is 0.266. The molecule has 2 aromatic carbocycles. The zero-order chi connectivity index (χ0) is 45.5. The maximum Gasteiger partial charge on any atom is 0.410 e. The summed E-state index contributed by atoms with van der Waals surface area (Å²) in [6.45, 7) is 14.4. The van der Waals surface area contributed by atoms with Gasteiger partial charge in [-0.3, -0.25) is 28.5 Å². The number of esters is 2. The number of amides is 2. The highest BCUT2D eigenvalue weighted by Gasteiger charge is 2.46. The Morgan fingerprint density at radius 2 is 1.12 bits per heavy atom. The zero-order valence-electron chi connectivity index (χ0n) is 38.0. The summed E-state index contributed by atoms with van der Waals surface area (Å²) in [4.78, 5) is 60.3. The first-order valence-corrected chi connectivity index (χ1v) is 24.9. The van der Waals surface area contributed by atoms with Crippen molar-refractivity contribution in [2.24, 2.45) is 17.3 Å². The second-order valence-electron chi connectivity index (χ2n) is 18.0. The fraction of sp³-hybridized carbons (Fsp3) is 0.660. The van der Waals surface area contributed by atoms with Gasteiger partial charge in [-0.2, -0.15) is 8.42 Å². The Bertz CT molecular complexity index is 1900. The van der Waals surface area contributed by atoms with Gasteiger partial charge in [0.2, 0.25) is 0 Å². The van der Waals surface area contributed by atoms with Crippen LogP contribution in [0.3, 0.4) is 0 Å². The van der Waals surface area contributed by atoms with Crippen molar-refractivity contribution in [3.8, 4) is 0 Å². The van der Waals surface area contributed by atoms with Crippen molar-refractivity contribution in [2.75, 3.05) is 98.1 Å². The van der Waals surface area contributed by atoms with Crippen molar-refractivity contribution < 1.29 is 50.7 Å². The Morgan fingerprint density at radius 1 is 0.656 bits per heavy atom. The van der Waals surface area contributed by atoms with Gasteiger partial charge >= 0.3 is 24.1 Å². The number of likely N-dealkylation sites (tertiary alicyclic amines) is 3. The van der Waals surface area contributed by atoms with Crippen molar-refractivity contribution in [3.63, 3.8) is 0 Å². The lowest BCUT2D eigenvalue weighted by Gasteiger charge is -2.39. The summed E-state index contributed by atoms with van der Waals surface area (Å²) in [6.07, 6.45) is 5.05. The largest absolute Gasteiger partial charge is 0.466 e. The van der Waals surface area contributed by atoms with Crippen molar-refractivity contribution in [2.45, 2.75) is 84.1 Å². The van der Waals surface area contributed by atoms with E-state index in [-0.39, 0.29) is 49.9 Å². The third-order valence-electron chi connectivity index (χ3n) is 13.0. The van der Waals surface area contributed by atoms with Crippen molar-refractivity contribution >= 4 is 34.2 Å². The van der Waals surface area contributed by atoms with Crippen LogP contribution in [0.25, 0.3) is 0 Å². The average Bonchev–Trinajstić information content (AvgIpc) is 3.81. The van der Waals surface area contributed by atoms with Gasteiger partial charge in [0, 0.05) is 32.7 Å². The standard InChI is InChI=1S/C29H43N3O6.C18H26N2O5S/c1-3-36-26(33)18-29(27(34)37-4-2)12-16-31(17-13-29)21-25-22-32(28(35)38-25)20-24-10-14-30(15-11-24)19-23-8-6-5-7-9-23;1-26(22,23)24-14-17-13-20(18(21)25-17)12-16-7-9-19(10-8-16)11-15-5-3-2-4-6-15/h5-9,24-25H,3-4,10-22H2,1-2H3;2-6,16-17H,7-14H2,1H3. The van der Waals surface area contributed by atoms with E-state index in [9.17, 15) is 27.6 Å². The maximum absolute atomic E-state index is 12.8. The number of hydrogen-bond acceptors (Lipinski definition) is 14. The molecular formula is C47H69N5O11S. The molecule has 5 aliphatic heterocycles. The van der Waals surface area contributed by atoms with Gasteiger partial charge in [0.1, 0.15) is 18.8 Å². The minimum absolute atomic E-state index is 0.0455. The first-order valence-electron chi connectivity index (χ1n) is 23.1. The van der Waals surface area contributed by atoms with Crippen LogP contribution < -0.4 is 0 Å². The van der Waals surface area contributed by atoms with E-state index in [0.717, 1.165) is 77.8 Å². The quantitative estimate of drug-likeness (QED) is 0.111. The molecule has 0 bridgehead atoms. The molecule has 2 unspecified atom stereocenters. The SMILES string of the molecule is CCOC(=O)CC1(C(=O)OCC)CCN(CC2CN(CC3CCN(Cc4ccccc4)CC3)C(=O)O2)CC1.CS(=O)(=O)OCC1CN(CC2CCN(Cc3ccccc3)CC2)C(=O)O1. The molecule has 0 N–H and O–H groups in total. The van der Waals surface area contributed by atoms with Gasteiger partial charge in [-0.1, -0.05) is 60.7 Å². The van der Waals surface area contributed by atoms with E-state index < -0.39 is 21.6 Å². The van der Waals surface area contributed by atoms with Crippen LogP contribution in [0.1, 0.15) is 69.9 Å². The number of nitrogens with zero attached hydrogens (tertiary/aromatic N) is 5. The van der Waals surface area contributed by atoms with Crippen LogP contribution in [0.4, 0.5) is 9.59 Å². The Hall–Kier alpha value is -4.29. The summed E-state index contributed by atoms with van der Waals surface area (Å²) in [5.41, 5.74) is 1.82. The van der Waals surface area contributed by atoms with E-state index in [0.29, 0.717) is 70.6 Å². The molecule has 5 saturated heterocycles. The van der Waals surface area contributed by atoms with Gasteiger partial charge < -0.3 is 28.7 Å². The Balaban J connectivity index is 0.000000228. The van der Waals surface area contributed by atoms with Crippen LogP contribution in [-0.4, -0.2) is 167 Å². The number of rotatable bonds is 18.